The third-order valence-corrected chi connectivity index (χ3v) is 4.70. The number of benzene rings is 1. The first-order chi connectivity index (χ1) is 8.51. The predicted octanol–water partition coefficient (Wildman–Crippen LogP) is 0.156. The molecule has 1 unspecified atom stereocenters. The van der Waals surface area contributed by atoms with Crippen molar-refractivity contribution < 1.29 is 18.3 Å². The van der Waals surface area contributed by atoms with E-state index in [0.29, 0.717) is 6.54 Å². The molecule has 0 aliphatic carbocycles. The van der Waals surface area contributed by atoms with Gasteiger partial charge >= 0.3 is 5.97 Å². The number of carboxylic acids is 1. The molecular weight excluding hydrogens is 292 g/mol. The van der Waals surface area contributed by atoms with Gasteiger partial charge in [0.1, 0.15) is 6.04 Å². The van der Waals surface area contributed by atoms with Gasteiger partial charge in [0.25, 0.3) is 0 Å². The average molecular weight is 307 g/mol. The van der Waals surface area contributed by atoms with Crippen molar-refractivity contribution in [3.8, 4) is 0 Å². The van der Waals surface area contributed by atoms with Gasteiger partial charge in [0.15, 0.2) is 0 Å². The normalized spacial score (nSPS) is 20.5. The van der Waals surface area contributed by atoms with E-state index in [1.807, 2.05) is 0 Å². The number of aliphatic carboxylic acids is 1. The van der Waals surface area contributed by atoms with Gasteiger partial charge in [0, 0.05) is 19.6 Å². The molecule has 8 heteroatoms. The van der Waals surface area contributed by atoms with Crippen LogP contribution in [0.25, 0.3) is 0 Å². The molecule has 6 nitrogen and oxygen atoms in total. The number of hydrogen-bond acceptors (Lipinski definition) is 4. The van der Waals surface area contributed by atoms with Crippen LogP contribution in [0.1, 0.15) is 0 Å². The number of carbonyl (C=O) groups is 1. The molecule has 0 amide bonds. The van der Waals surface area contributed by atoms with Crippen molar-refractivity contribution in [1.82, 2.24) is 9.62 Å². The van der Waals surface area contributed by atoms with E-state index in [1.165, 1.54) is 16.4 Å². The number of carboxylic acid groups (broad SMARTS) is 1. The number of piperazine rings is 1. The van der Waals surface area contributed by atoms with Gasteiger partial charge in [-0.3, -0.25) is 4.79 Å². The average Bonchev–Trinajstić information content (AvgIpc) is 2.40. The van der Waals surface area contributed by atoms with Crippen LogP contribution in [0, 0.1) is 0 Å². The van der Waals surface area contributed by atoms with Gasteiger partial charge in [0.05, 0.1) is 4.90 Å². The lowest BCUT2D eigenvalue weighted by molar-refractivity contribution is -0.140. The maximum atomic E-state index is 12.3. The SMILES string of the molecule is Cl.O=C(O)C1CN(S(=O)(=O)c2ccccc2)CCN1. The Bertz CT molecular complexity index is 535. The molecule has 1 saturated heterocycles. The molecular formula is C11H15ClN2O4S. The zero-order chi connectivity index (χ0) is 13.2. The van der Waals surface area contributed by atoms with Crippen LogP contribution in [0.4, 0.5) is 0 Å². The fraction of sp³-hybridized carbons (Fsp3) is 0.364. The van der Waals surface area contributed by atoms with Crippen molar-refractivity contribution >= 4 is 28.4 Å². The second kappa shape index (κ2) is 6.33. The molecule has 2 N–H and O–H groups in total. The summed E-state index contributed by atoms with van der Waals surface area (Å²) in [6, 6.07) is 7.18. The van der Waals surface area contributed by atoms with Gasteiger partial charge in [0.2, 0.25) is 10.0 Å². The smallest absolute Gasteiger partial charge is 0.322 e. The van der Waals surface area contributed by atoms with E-state index < -0.39 is 22.0 Å². The van der Waals surface area contributed by atoms with Crippen molar-refractivity contribution in [2.24, 2.45) is 0 Å². The lowest BCUT2D eigenvalue weighted by Gasteiger charge is -2.30. The van der Waals surface area contributed by atoms with Gasteiger partial charge in [-0.25, -0.2) is 8.42 Å². The number of rotatable bonds is 3. The summed E-state index contributed by atoms with van der Waals surface area (Å²) in [5.74, 6) is -1.04. The molecule has 0 aromatic heterocycles. The Balaban J connectivity index is 0.00000180. The summed E-state index contributed by atoms with van der Waals surface area (Å²) < 4.78 is 25.7. The monoisotopic (exact) mass is 306 g/mol. The minimum Gasteiger partial charge on any atom is -0.480 e. The van der Waals surface area contributed by atoms with Gasteiger partial charge in [-0.1, -0.05) is 18.2 Å². The fourth-order valence-electron chi connectivity index (χ4n) is 1.85. The number of nitrogens with zero attached hydrogens (tertiary/aromatic N) is 1. The maximum absolute atomic E-state index is 12.3. The highest BCUT2D eigenvalue weighted by Gasteiger charge is 2.32. The van der Waals surface area contributed by atoms with Gasteiger partial charge in [-0.2, -0.15) is 4.31 Å². The molecule has 0 radical (unpaired) electrons. The Hall–Kier alpha value is -1.15. The molecule has 0 spiro atoms. The zero-order valence-electron chi connectivity index (χ0n) is 10.0. The summed E-state index contributed by atoms with van der Waals surface area (Å²) in [5, 5.41) is 11.7. The Kier molecular flexibility index (Phi) is 5.30. The molecule has 1 aliphatic heterocycles. The third-order valence-electron chi connectivity index (χ3n) is 2.82. The standard InChI is InChI=1S/C11H14N2O4S.ClH/c14-11(15)10-8-13(7-6-12-10)18(16,17)9-4-2-1-3-5-9;/h1-5,10,12H,6-8H2,(H,14,15);1H. The Morgan fingerprint density at radius 1 is 1.32 bits per heavy atom. The lowest BCUT2D eigenvalue weighted by atomic mass is 10.2. The highest BCUT2D eigenvalue weighted by atomic mass is 35.5. The molecule has 1 fully saturated rings. The highest BCUT2D eigenvalue weighted by molar-refractivity contribution is 7.89. The summed E-state index contributed by atoms with van der Waals surface area (Å²) >= 11 is 0. The first-order valence-electron chi connectivity index (χ1n) is 5.53. The summed E-state index contributed by atoms with van der Waals surface area (Å²) in [5.41, 5.74) is 0. The van der Waals surface area contributed by atoms with E-state index in [0.717, 1.165) is 0 Å². The van der Waals surface area contributed by atoms with Crippen LogP contribution in [0.15, 0.2) is 35.2 Å². The molecule has 106 valence electrons. The molecule has 0 bridgehead atoms. The van der Waals surface area contributed by atoms with Crippen LogP contribution in [0.3, 0.4) is 0 Å². The molecule has 1 atom stereocenters. The second-order valence-electron chi connectivity index (χ2n) is 4.02. The number of nitrogens with one attached hydrogen (secondary N) is 1. The quantitative estimate of drug-likeness (QED) is 0.830. The first-order valence-corrected chi connectivity index (χ1v) is 6.97. The van der Waals surface area contributed by atoms with Gasteiger partial charge < -0.3 is 10.4 Å². The van der Waals surface area contributed by atoms with Gasteiger partial charge in [-0.15, -0.1) is 12.4 Å². The van der Waals surface area contributed by atoms with Crippen LogP contribution < -0.4 is 5.32 Å². The van der Waals surface area contributed by atoms with E-state index >= 15 is 0 Å². The minimum absolute atomic E-state index is 0. The molecule has 19 heavy (non-hydrogen) atoms. The van der Waals surface area contributed by atoms with Crippen molar-refractivity contribution in [2.45, 2.75) is 10.9 Å². The van der Waals surface area contributed by atoms with E-state index in [4.69, 9.17) is 5.11 Å². The molecule has 2 rings (SSSR count). The van der Waals surface area contributed by atoms with E-state index in [2.05, 4.69) is 5.32 Å². The van der Waals surface area contributed by atoms with Crippen LogP contribution in [0.5, 0.6) is 0 Å². The van der Waals surface area contributed by atoms with E-state index in [9.17, 15) is 13.2 Å². The van der Waals surface area contributed by atoms with Crippen LogP contribution in [-0.2, 0) is 14.8 Å². The zero-order valence-corrected chi connectivity index (χ0v) is 11.7. The largest absolute Gasteiger partial charge is 0.480 e. The topological polar surface area (TPSA) is 86.7 Å². The number of hydrogen-bond donors (Lipinski definition) is 2. The third kappa shape index (κ3) is 3.44. The summed E-state index contributed by atoms with van der Waals surface area (Å²) in [4.78, 5) is 11.1. The molecule has 1 aromatic carbocycles. The summed E-state index contributed by atoms with van der Waals surface area (Å²) in [6.45, 7) is 0.566. The first kappa shape index (κ1) is 15.9. The van der Waals surface area contributed by atoms with Crippen molar-refractivity contribution in [3.05, 3.63) is 30.3 Å². The van der Waals surface area contributed by atoms with Crippen LogP contribution in [-0.4, -0.2) is 49.5 Å². The summed E-state index contributed by atoms with van der Waals surface area (Å²) in [6.07, 6.45) is 0. The fourth-order valence-corrected chi connectivity index (χ4v) is 3.32. The molecule has 1 aliphatic rings. The van der Waals surface area contributed by atoms with Crippen LogP contribution >= 0.6 is 12.4 Å². The van der Waals surface area contributed by atoms with Crippen molar-refractivity contribution in [2.75, 3.05) is 19.6 Å². The predicted molar refractivity (Wildman–Crippen MR) is 71.9 cm³/mol. The number of halogens is 1. The number of sulfonamides is 1. The molecule has 0 saturated carbocycles. The Labute approximate surface area is 117 Å². The van der Waals surface area contributed by atoms with Gasteiger partial charge in [-0.05, 0) is 12.1 Å². The second-order valence-corrected chi connectivity index (χ2v) is 5.96. The summed E-state index contributed by atoms with van der Waals surface area (Å²) in [7, 11) is -3.60. The van der Waals surface area contributed by atoms with E-state index in [-0.39, 0.29) is 30.4 Å². The Morgan fingerprint density at radius 3 is 2.53 bits per heavy atom. The lowest BCUT2D eigenvalue weighted by Crippen LogP contribution is -2.55. The molecule has 1 aromatic rings. The van der Waals surface area contributed by atoms with Crippen LogP contribution in [0.2, 0.25) is 0 Å². The maximum Gasteiger partial charge on any atom is 0.322 e. The highest BCUT2D eigenvalue weighted by Crippen LogP contribution is 2.16. The Morgan fingerprint density at radius 2 is 1.95 bits per heavy atom. The van der Waals surface area contributed by atoms with Crippen molar-refractivity contribution in [3.63, 3.8) is 0 Å². The van der Waals surface area contributed by atoms with E-state index in [1.54, 1.807) is 18.2 Å². The van der Waals surface area contributed by atoms with Crippen molar-refractivity contribution in [1.29, 1.82) is 0 Å². The minimum atomic E-state index is -3.60. The molecule has 1 heterocycles.